The SMILES string of the molecule is O=C(Nc1ccccc1)c1cc(NCc2ccncc2)ccn1. The molecule has 5 heteroatoms. The summed E-state index contributed by atoms with van der Waals surface area (Å²) in [5.74, 6) is -0.233. The number of hydrogen-bond donors (Lipinski definition) is 2. The van der Waals surface area contributed by atoms with Crippen LogP contribution in [0.2, 0.25) is 0 Å². The molecular formula is C18H16N4O. The Kier molecular flexibility index (Phi) is 4.59. The lowest BCUT2D eigenvalue weighted by Gasteiger charge is -2.08. The van der Waals surface area contributed by atoms with Crippen molar-refractivity contribution in [1.82, 2.24) is 9.97 Å². The van der Waals surface area contributed by atoms with Gasteiger partial charge in [-0.15, -0.1) is 0 Å². The van der Waals surface area contributed by atoms with Crippen molar-refractivity contribution < 1.29 is 4.79 Å². The van der Waals surface area contributed by atoms with Crippen LogP contribution in [-0.4, -0.2) is 15.9 Å². The first-order chi connectivity index (χ1) is 11.3. The van der Waals surface area contributed by atoms with Crippen molar-refractivity contribution in [3.63, 3.8) is 0 Å². The van der Waals surface area contributed by atoms with Crippen LogP contribution in [0.5, 0.6) is 0 Å². The summed E-state index contributed by atoms with van der Waals surface area (Å²) >= 11 is 0. The lowest BCUT2D eigenvalue weighted by Crippen LogP contribution is -2.14. The fourth-order valence-electron chi connectivity index (χ4n) is 2.09. The van der Waals surface area contributed by atoms with Gasteiger partial charge in [0.05, 0.1) is 0 Å². The number of amides is 1. The van der Waals surface area contributed by atoms with Gasteiger partial charge in [-0.3, -0.25) is 14.8 Å². The van der Waals surface area contributed by atoms with Crippen LogP contribution in [0, 0.1) is 0 Å². The highest BCUT2D eigenvalue weighted by molar-refractivity contribution is 6.03. The summed E-state index contributed by atoms with van der Waals surface area (Å²) in [7, 11) is 0. The summed E-state index contributed by atoms with van der Waals surface area (Å²) in [4.78, 5) is 20.3. The van der Waals surface area contributed by atoms with Gasteiger partial charge in [-0.1, -0.05) is 18.2 Å². The van der Waals surface area contributed by atoms with E-state index in [4.69, 9.17) is 0 Å². The zero-order valence-corrected chi connectivity index (χ0v) is 12.4. The van der Waals surface area contributed by atoms with Gasteiger partial charge in [-0.05, 0) is 42.0 Å². The van der Waals surface area contributed by atoms with E-state index in [0.29, 0.717) is 12.2 Å². The van der Waals surface area contributed by atoms with Crippen molar-refractivity contribution in [3.8, 4) is 0 Å². The molecule has 0 bridgehead atoms. The molecule has 5 nitrogen and oxygen atoms in total. The van der Waals surface area contributed by atoms with Gasteiger partial charge in [0.1, 0.15) is 5.69 Å². The van der Waals surface area contributed by atoms with Crippen LogP contribution in [0.25, 0.3) is 0 Å². The van der Waals surface area contributed by atoms with Crippen LogP contribution in [-0.2, 0) is 6.54 Å². The van der Waals surface area contributed by atoms with Gasteiger partial charge in [-0.2, -0.15) is 0 Å². The molecule has 0 atom stereocenters. The smallest absolute Gasteiger partial charge is 0.274 e. The van der Waals surface area contributed by atoms with Crippen molar-refractivity contribution in [2.24, 2.45) is 0 Å². The second kappa shape index (κ2) is 7.17. The third kappa shape index (κ3) is 4.14. The first kappa shape index (κ1) is 14.7. The van der Waals surface area contributed by atoms with E-state index in [0.717, 1.165) is 16.9 Å². The monoisotopic (exact) mass is 304 g/mol. The van der Waals surface area contributed by atoms with E-state index in [9.17, 15) is 4.79 Å². The van der Waals surface area contributed by atoms with Crippen molar-refractivity contribution in [1.29, 1.82) is 0 Å². The lowest BCUT2D eigenvalue weighted by molar-refractivity contribution is 0.102. The van der Waals surface area contributed by atoms with Gasteiger partial charge in [0.2, 0.25) is 0 Å². The minimum absolute atomic E-state index is 0.233. The van der Waals surface area contributed by atoms with Gasteiger partial charge in [0.25, 0.3) is 5.91 Å². The molecule has 1 amide bonds. The molecule has 0 saturated carbocycles. The topological polar surface area (TPSA) is 66.9 Å². The molecule has 0 aliphatic carbocycles. The molecule has 2 heterocycles. The number of para-hydroxylation sites is 1. The summed E-state index contributed by atoms with van der Waals surface area (Å²) < 4.78 is 0. The molecule has 0 radical (unpaired) electrons. The Bertz CT molecular complexity index is 775. The highest BCUT2D eigenvalue weighted by Crippen LogP contribution is 2.12. The van der Waals surface area contributed by atoms with Crippen LogP contribution in [0.1, 0.15) is 16.1 Å². The fourth-order valence-corrected chi connectivity index (χ4v) is 2.09. The number of carbonyl (C=O) groups is 1. The highest BCUT2D eigenvalue weighted by Gasteiger charge is 2.08. The summed E-state index contributed by atoms with van der Waals surface area (Å²) in [6.45, 7) is 0.659. The second-order valence-electron chi connectivity index (χ2n) is 4.96. The number of carbonyl (C=O) groups excluding carboxylic acids is 1. The maximum Gasteiger partial charge on any atom is 0.274 e. The van der Waals surface area contributed by atoms with E-state index in [2.05, 4.69) is 20.6 Å². The largest absolute Gasteiger partial charge is 0.381 e. The van der Waals surface area contributed by atoms with Gasteiger partial charge >= 0.3 is 0 Å². The van der Waals surface area contributed by atoms with Crippen molar-refractivity contribution in [2.45, 2.75) is 6.54 Å². The molecule has 23 heavy (non-hydrogen) atoms. The minimum atomic E-state index is -0.233. The molecule has 2 N–H and O–H groups in total. The van der Waals surface area contributed by atoms with E-state index in [1.807, 2.05) is 48.5 Å². The van der Waals surface area contributed by atoms with Crippen molar-refractivity contribution in [3.05, 3.63) is 84.4 Å². The molecule has 1 aromatic carbocycles. The number of nitrogens with zero attached hydrogens (tertiary/aromatic N) is 2. The number of nitrogens with one attached hydrogen (secondary N) is 2. The number of benzene rings is 1. The standard InChI is InChI=1S/C18H16N4O/c23-18(22-15-4-2-1-3-5-15)17-12-16(8-11-20-17)21-13-14-6-9-19-10-7-14/h1-12H,13H2,(H,20,21)(H,22,23). The minimum Gasteiger partial charge on any atom is -0.381 e. The summed E-state index contributed by atoms with van der Waals surface area (Å²) in [6.07, 6.45) is 5.12. The molecule has 3 aromatic rings. The number of hydrogen-bond acceptors (Lipinski definition) is 4. The number of anilines is 2. The van der Waals surface area contributed by atoms with Gasteiger partial charge in [0, 0.05) is 36.5 Å². The van der Waals surface area contributed by atoms with E-state index in [-0.39, 0.29) is 5.91 Å². The summed E-state index contributed by atoms with van der Waals surface area (Å²) in [5.41, 5.74) is 3.07. The second-order valence-corrected chi connectivity index (χ2v) is 4.96. The molecule has 2 aromatic heterocycles. The summed E-state index contributed by atoms with van der Waals surface area (Å²) in [5, 5.41) is 6.09. The van der Waals surface area contributed by atoms with E-state index in [1.54, 1.807) is 24.7 Å². The molecule has 0 spiro atoms. The third-order valence-electron chi connectivity index (χ3n) is 3.27. The zero-order chi connectivity index (χ0) is 15.9. The number of aromatic nitrogens is 2. The van der Waals surface area contributed by atoms with E-state index >= 15 is 0 Å². The van der Waals surface area contributed by atoms with E-state index in [1.165, 1.54) is 0 Å². The van der Waals surface area contributed by atoms with Crippen LogP contribution >= 0.6 is 0 Å². The Hall–Kier alpha value is -3.21. The molecule has 0 fully saturated rings. The van der Waals surface area contributed by atoms with Gasteiger partial charge in [0.15, 0.2) is 0 Å². The molecule has 0 unspecified atom stereocenters. The molecule has 0 aliphatic heterocycles. The Labute approximate surface area is 134 Å². The van der Waals surface area contributed by atoms with E-state index < -0.39 is 0 Å². The zero-order valence-electron chi connectivity index (χ0n) is 12.4. The maximum absolute atomic E-state index is 12.2. The first-order valence-corrected chi connectivity index (χ1v) is 7.26. The molecular weight excluding hydrogens is 288 g/mol. The molecule has 3 rings (SSSR count). The number of pyridine rings is 2. The van der Waals surface area contributed by atoms with Crippen LogP contribution in [0.3, 0.4) is 0 Å². The Balaban J connectivity index is 1.66. The summed E-state index contributed by atoms with van der Waals surface area (Å²) in [6, 6.07) is 16.8. The third-order valence-corrected chi connectivity index (χ3v) is 3.27. The molecule has 114 valence electrons. The Morgan fingerprint density at radius 3 is 2.48 bits per heavy atom. The fraction of sp³-hybridized carbons (Fsp3) is 0.0556. The van der Waals surface area contributed by atoms with Crippen LogP contribution in [0.4, 0.5) is 11.4 Å². The quantitative estimate of drug-likeness (QED) is 0.758. The maximum atomic E-state index is 12.2. The average molecular weight is 304 g/mol. The Morgan fingerprint density at radius 1 is 0.913 bits per heavy atom. The first-order valence-electron chi connectivity index (χ1n) is 7.26. The molecule has 0 saturated heterocycles. The van der Waals surface area contributed by atoms with Crippen molar-refractivity contribution >= 4 is 17.3 Å². The lowest BCUT2D eigenvalue weighted by atomic mass is 10.2. The normalized spacial score (nSPS) is 10.1. The van der Waals surface area contributed by atoms with Crippen LogP contribution < -0.4 is 10.6 Å². The average Bonchev–Trinajstić information content (AvgIpc) is 2.62. The number of rotatable bonds is 5. The van der Waals surface area contributed by atoms with Gasteiger partial charge in [-0.25, -0.2) is 0 Å². The Morgan fingerprint density at radius 2 is 1.70 bits per heavy atom. The highest BCUT2D eigenvalue weighted by atomic mass is 16.1. The van der Waals surface area contributed by atoms with Gasteiger partial charge < -0.3 is 10.6 Å². The van der Waals surface area contributed by atoms with Crippen LogP contribution in [0.15, 0.2) is 73.2 Å². The predicted octanol–water partition coefficient (Wildman–Crippen LogP) is 3.34. The predicted molar refractivity (Wildman–Crippen MR) is 90.2 cm³/mol. The molecule has 0 aliphatic rings. The van der Waals surface area contributed by atoms with Crippen molar-refractivity contribution in [2.75, 3.05) is 10.6 Å².